The first-order chi connectivity index (χ1) is 8.52. The SMILES string of the molecule is O=C(/C=C/c1ccc(Br)o1)N(CCO)CC(F)F. The van der Waals surface area contributed by atoms with E-state index in [-0.39, 0.29) is 13.2 Å². The number of aliphatic hydroxyl groups is 1. The molecule has 0 bridgehead atoms. The van der Waals surface area contributed by atoms with Crippen molar-refractivity contribution in [3.63, 3.8) is 0 Å². The van der Waals surface area contributed by atoms with Crippen molar-refractivity contribution in [3.8, 4) is 0 Å². The van der Waals surface area contributed by atoms with Crippen LogP contribution in [0, 0.1) is 0 Å². The van der Waals surface area contributed by atoms with Gasteiger partial charge in [0.1, 0.15) is 5.76 Å². The Hall–Kier alpha value is -1.21. The minimum atomic E-state index is -2.63. The Morgan fingerprint density at radius 1 is 1.56 bits per heavy atom. The Bertz CT molecular complexity index is 420. The first-order valence-electron chi connectivity index (χ1n) is 5.14. The number of rotatable bonds is 6. The Morgan fingerprint density at radius 2 is 2.28 bits per heavy atom. The summed E-state index contributed by atoms with van der Waals surface area (Å²) in [5.41, 5.74) is 0. The Labute approximate surface area is 111 Å². The lowest BCUT2D eigenvalue weighted by molar-refractivity contribution is -0.128. The maximum absolute atomic E-state index is 12.2. The van der Waals surface area contributed by atoms with Crippen LogP contribution in [0.25, 0.3) is 6.08 Å². The standard InChI is InChI=1S/C11H12BrF2NO3/c12-9-3-1-8(18-9)2-4-11(17)15(5-6-16)7-10(13)14/h1-4,10,16H,5-7H2/b4-2+. The van der Waals surface area contributed by atoms with Crippen LogP contribution in [0.1, 0.15) is 5.76 Å². The lowest BCUT2D eigenvalue weighted by Gasteiger charge is -2.19. The van der Waals surface area contributed by atoms with Gasteiger partial charge in [0, 0.05) is 12.6 Å². The van der Waals surface area contributed by atoms with E-state index < -0.39 is 18.9 Å². The third-order valence-electron chi connectivity index (χ3n) is 2.02. The first-order valence-corrected chi connectivity index (χ1v) is 5.93. The second-order valence-electron chi connectivity index (χ2n) is 3.37. The van der Waals surface area contributed by atoms with E-state index in [4.69, 9.17) is 9.52 Å². The van der Waals surface area contributed by atoms with Gasteiger partial charge in [-0.1, -0.05) is 0 Å². The molecule has 0 saturated carbocycles. The van der Waals surface area contributed by atoms with Gasteiger partial charge in [-0.3, -0.25) is 4.79 Å². The molecule has 0 saturated heterocycles. The van der Waals surface area contributed by atoms with Crippen LogP contribution < -0.4 is 0 Å². The molecule has 0 aromatic carbocycles. The van der Waals surface area contributed by atoms with E-state index in [1.165, 1.54) is 6.08 Å². The predicted molar refractivity (Wildman–Crippen MR) is 65.1 cm³/mol. The second kappa shape index (κ2) is 7.27. The smallest absolute Gasteiger partial charge is 0.255 e. The monoisotopic (exact) mass is 323 g/mol. The summed E-state index contributed by atoms with van der Waals surface area (Å²) < 4.78 is 30.0. The quantitative estimate of drug-likeness (QED) is 0.816. The van der Waals surface area contributed by atoms with Crippen molar-refractivity contribution in [1.82, 2.24) is 4.90 Å². The first kappa shape index (κ1) is 14.8. The topological polar surface area (TPSA) is 53.7 Å². The van der Waals surface area contributed by atoms with Crippen molar-refractivity contribution in [3.05, 3.63) is 28.6 Å². The lowest BCUT2D eigenvalue weighted by Crippen LogP contribution is -2.36. The van der Waals surface area contributed by atoms with E-state index in [9.17, 15) is 13.6 Å². The van der Waals surface area contributed by atoms with Gasteiger partial charge in [0.2, 0.25) is 5.91 Å². The summed E-state index contributed by atoms with van der Waals surface area (Å²) in [5, 5.41) is 8.70. The van der Waals surface area contributed by atoms with Gasteiger partial charge in [0.15, 0.2) is 4.67 Å². The average molecular weight is 324 g/mol. The molecule has 1 N–H and O–H groups in total. The molecule has 1 aromatic rings. The molecule has 7 heteroatoms. The van der Waals surface area contributed by atoms with Gasteiger partial charge >= 0.3 is 0 Å². The summed E-state index contributed by atoms with van der Waals surface area (Å²) in [6.07, 6.45) is -0.127. The number of furan rings is 1. The van der Waals surface area contributed by atoms with Gasteiger partial charge < -0.3 is 14.4 Å². The van der Waals surface area contributed by atoms with Crippen molar-refractivity contribution in [2.24, 2.45) is 0 Å². The van der Waals surface area contributed by atoms with Crippen molar-refractivity contribution in [2.75, 3.05) is 19.7 Å². The molecule has 1 aromatic heterocycles. The van der Waals surface area contributed by atoms with E-state index in [1.54, 1.807) is 12.1 Å². The average Bonchev–Trinajstić information content (AvgIpc) is 2.71. The highest BCUT2D eigenvalue weighted by Crippen LogP contribution is 2.15. The number of hydrogen-bond donors (Lipinski definition) is 1. The number of hydrogen-bond acceptors (Lipinski definition) is 3. The van der Waals surface area contributed by atoms with Crippen LogP contribution in [0.2, 0.25) is 0 Å². The van der Waals surface area contributed by atoms with Crippen molar-refractivity contribution in [1.29, 1.82) is 0 Å². The van der Waals surface area contributed by atoms with Gasteiger partial charge in [-0.15, -0.1) is 0 Å². The van der Waals surface area contributed by atoms with Crippen LogP contribution in [0.4, 0.5) is 8.78 Å². The fourth-order valence-corrected chi connectivity index (χ4v) is 1.57. The number of alkyl halides is 2. The zero-order valence-corrected chi connectivity index (χ0v) is 10.9. The highest BCUT2D eigenvalue weighted by Gasteiger charge is 2.15. The molecule has 1 amide bonds. The van der Waals surface area contributed by atoms with Gasteiger partial charge in [0.05, 0.1) is 13.2 Å². The van der Waals surface area contributed by atoms with E-state index in [2.05, 4.69) is 15.9 Å². The molecule has 100 valence electrons. The molecule has 0 radical (unpaired) electrons. The number of carbonyl (C=O) groups excluding carboxylic acids is 1. The molecule has 0 aliphatic rings. The minimum Gasteiger partial charge on any atom is -0.450 e. The maximum atomic E-state index is 12.2. The summed E-state index contributed by atoms with van der Waals surface area (Å²) in [6.45, 7) is -1.19. The van der Waals surface area contributed by atoms with Crippen molar-refractivity contribution >= 4 is 27.9 Å². The highest BCUT2D eigenvalue weighted by molar-refractivity contribution is 9.10. The minimum absolute atomic E-state index is 0.130. The number of aliphatic hydroxyl groups excluding tert-OH is 1. The molecular weight excluding hydrogens is 312 g/mol. The number of nitrogens with zero attached hydrogens (tertiary/aromatic N) is 1. The van der Waals surface area contributed by atoms with Gasteiger partial charge in [-0.2, -0.15) is 0 Å². The second-order valence-corrected chi connectivity index (χ2v) is 4.16. The number of halogens is 3. The normalized spacial score (nSPS) is 11.4. The predicted octanol–water partition coefficient (Wildman–Crippen LogP) is 2.14. The Balaban J connectivity index is 2.63. The molecule has 0 unspecified atom stereocenters. The number of carbonyl (C=O) groups is 1. The molecule has 0 aliphatic carbocycles. The molecule has 0 aliphatic heterocycles. The highest BCUT2D eigenvalue weighted by atomic mass is 79.9. The largest absolute Gasteiger partial charge is 0.450 e. The summed E-state index contributed by atoms with van der Waals surface area (Å²) >= 11 is 3.10. The van der Waals surface area contributed by atoms with Gasteiger partial charge in [-0.25, -0.2) is 8.78 Å². The summed E-state index contributed by atoms with van der Waals surface area (Å²) in [5.74, 6) is -0.173. The van der Waals surface area contributed by atoms with Crippen LogP contribution in [0.15, 0.2) is 27.3 Å². The fourth-order valence-electron chi connectivity index (χ4n) is 1.26. The molecule has 18 heavy (non-hydrogen) atoms. The van der Waals surface area contributed by atoms with E-state index in [0.717, 1.165) is 11.0 Å². The summed E-state index contributed by atoms with van der Waals surface area (Å²) in [6, 6.07) is 3.27. The van der Waals surface area contributed by atoms with Crippen LogP contribution in [-0.4, -0.2) is 42.0 Å². The van der Waals surface area contributed by atoms with E-state index in [1.807, 2.05) is 0 Å². The van der Waals surface area contributed by atoms with Gasteiger partial charge in [0.25, 0.3) is 6.43 Å². The zero-order chi connectivity index (χ0) is 13.5. The molecule has 1 heterocycles. The maximum Gasteiger partial charge on any atom is 0.255 e. The van der Waals surface area contributed by atoms with E-state index >= 15 is 0 Å². The van der Waals surface area contributed by atoms with Gasteiger partial charge in [-0.05, 0) is 34.1 Å². The Morgan fingerprint density at radius 3 is 2.78 bits per heavy atom. The summed E-state index contributed by atoms with van der Waals surface area (Å²) in [4.78, 5) is 12.5. The molecule has 0 atom stereocenters. The zero-order valence-electron chi connectivity index (χ0n) is 9.35. The lowest BCUT2D eigenvalue weighted by atomic mass is 10.3. The third-order valence-corrected chi connectivity index (χ3v) is 2.45. The summed E-state index contributed by atoms with van der Waals surface area (Å²) in [7, 11) is 0. The number of amides is 1. The third kappa shape index (κ3) is 4.97. The van der Waals surface area contributed by atoms with Crippen molar-refractivity contribution < 1.29 is 23.1 Å². The van der Waals surface area contributed by atoms with E-state index in [0.29, 0.717) is 10.4 Å². The molecule has 4 nitrogen and oxygen atoms in total. The van der Waals surface area contributed by atoms with Crippen LogP contribution in [-0.2, 0) is 4.79 Å². The van der Waals surface area contributed by atoms with Crippen LogP contribution >= 0.6 is 15.9 Å². The molecular formula is C11H12BrF2NO3. The molecule has 1 rings (SSSR count). The fraction of sp³-hybridized carbons (Fsp3) is 0.364. The molecule has 0 fully saturated rings. The van der Waals surface area contributed by atoms with Crippen molar-refractivity contribution in [2.45, 2.75) is 6.43 Å². The Kier molecular flexibility index (Phi) is 6.00. The van der Waals surface area contributed by atoms with Crippen LogP contribution in [0.3, 0.4) is 0 Å². The molecule has 0 spiro atoms. The van der Waals surface area contributed by atoms with Crippen LogP contribution in [0.5, 0.6) is 0 Å².